The van der Waals surface area contributed by atoms with Gasteiger partial charge in [0, 0.05) is 9.13 Å². The van der Waals surface area contributed by atoms with Crippen molar-refractivity contribution in [3.8, 4) is 0 Å². The van der Waals surface area contributed by atoms with Crippen LogP contribution in [0, 0.1) is 10.5 Å². The second-order valence-electron chi connectivity index (χ2n) is 4.11. The molecule has 0 radical (unpaired) electrons. The first-order valence-corrected chi connectivity index (χ1v) is 8.79. The number of hydrogen-bond acceptors (Lipinski definition) is 5. The van der Waals surface area contributed by atoms with E-state index in [9.17, 15) is 9.59 Å². The average Bonchev–Trinajstić information content (AvgIpc) is 2.76. The number of thiazole rings is 1. The fourth-order valence-electron chi connectivity index (χ4n) is 1.51. The van der Waals surface area contributed by atoms with Crippen molar-refractivity contribution < 1.29 is 9.59 Å². The second-order valence-corrected chi connectivity index (χ2v) is 7.60. The van der Waals surface area contributed by atoms with Crippen molar-refractivity contribution in [1.82, 2.24) is 4.98 Å². The van der Waals surface area contributed by atoms with Crippen molar-refractivity contribution in [3.63, 3.8) is 0 Å². The van der Waals surface area contributed by atoms with Crippen LogP contribution in [0.1, 0.15) is 16.1 Å². The summed E-state index contributed by atoms with van der Waals surface area (Å²) >= 11 is 4.83. The molecule has 3 N–H and O–H groups in total. The Kier molecular flexibility index (Phi) is 5.59. The highest BCUT2D eigenvalue weighted by Gasteiger charge is 2.13. The summed E-state index contributed by atoms with van der Waals surface area (Å²) in [7, 11) is 0. The highest BCUT2D eigenvalue weighted by atomic mass is 127. The summed E-state index contributed by atoms with van der Waals surface area (Å²) in [5.74, 6) is -0.376. The van der Waals surface area contributed by atoms with E-state index in [0.29, 0.717) is 10.7 Å². The highest BCUT2D eigenvalue weighted by Crippen LogP contribution is 2.32. The molecule has 0 aliphatic heterocycles. The standard InChI is InChI=1S/C13H12IN3O2S2/c1-7-12(20-6-10(15)18)21-13(16-7)17-11(19)8-3-2-4-9(14)5-8/h2-5H,6H2,1H3,(H2,15,18)(H,16,17,19). The van der Waals surface area contributed by atoms with Gasteiger partial charge in [-0.2, -0.15) is 0 Å². The number of aryl methyl sites for hydroxylation is 1. The maximum absolute atomic E-state index is 12.1. The summed E-state index contributed by atoms with van der Waals surface area (Å²) in [6.07, 6.45) is 0. The topological polar surface area (TPSA) is 85.1 Å². The van der Waals surface area contributed by atoms with Crippen molar-refractivity contribution in [1.29, 1.82) is 0 Å². The Bertz CT molecular complexity index is 688. The molecular formula is C13H12IN3O2S2. The maximum Gasteiger partial charge on any atom is 0.257 e. The third kappa shape index (κ3) is 4.68. The van der Waals surface area contributed by atoms with E-state index >= 15 is 0 Å². The van der Waals surface area contributed by atoms with Crippen LogP contribution in [0.3, 0.4) is 0 Å². The number of primary amides is 1. The minimum absolute atomic E-state index is 0.200. The Morgan fingerprint density at radius 2 is 2.24 bits per heavy atom. The molecule has 1 aromatic carbocycles. The Hall–Kier alpha value is -1.13. The number of nitrogens with two attached hydrogens (primary N) is 1. The van der Waals surface area contributed by atoms with Crippen LogP contribution in [-0.2, 0) is 4.79 Å². The molecule has 2 amide bonds. The van der Waals surface area contributed by atoms with Crippen LogP contribution in [0.25, 0.3) is 0 Å². The Balaban J connectivity index is 2.08. The van der Waals surface area contributed by atoms with Gasteiger partial charge < -0.3 is 5.73 Å². The minimum Gasteiger partial charge on any atom is -0.369 e. The number of anilines is 1. The van der Waals surface area contributed by atoms with E-state index in [2.05, 4.69) is 32.9 Å². The first-order valence-electron chi connectivity index (χ1n) is 5.91. The van der Waals surface area contributed by atoms with Gasteiger partial charge in [0.15, 0.2) is 5.13 Å². The van der Waals surface area contributed by atoms with Crippen molar-refractivity contribution >= 4 is 62.6 Å². The summed E-state index contributed by atoms with van der Waals surface area (Å²) in [4.78, 5) is 27.2. The van der Waals surface area contributed by atoms with Crippen LogP contribution in [-0.4, -0.2) is 22.6 Å². The van der Waals surface area contributed by atoms with Crippen molar-refractivity contribution in [2.75, 3.05) is 11.1 Å². The fraction of sp³-hybridized carbons (Fsp3) is 0.154. The maximum atomic E-state index is 12.1. The van der Waals surface area contributed by atoms with Crippen molar-refractivity contribution in [2.45, 2.75) is 11.1 Å². The molecule has 0 spiro atoms. The van der Waals surface area contributed by atoms with E-state index in [4.69, 9.17) is 5.73 Å². The summed E-state index contributed by atoms with van der Waals surface area (Å²) in [5.41, 5.74) is 6.49. The first kappa shape index (κ1) is 16.2. The van der Waals surface area contributed by atoms with Gasteiger partial charge in [-0.15, -0.1) is 11.8 Å². The van der Waals surface area contributed by atoms with Crippen LogP contribution in [0.5, 0.6) is 0 Å². The lowest BCUT2D eigenvalue weighted by atomic mass is 10.2. The number of carbonyl (C=O) groups excluding carboxylic acids is 2. The van der Waals surface area contributed by atoms with E-state index in [1.54, 1.807) is 12.1 Å². The molecule has 8 heteroatoms. The Morgan fingerprint density at radius 1 is 1.48 bits per heavy atom. The number of halogens is 1. The molecule has 5 nitrogen and oxygen atoms in total. The summed E-state index contributed by atoms with van der Waals surface area (Å²) in [5, 5.41) is 3.29. The average molecular weight is 433 g/mol. The van der Waals surface area contributed by atoms with Gasteiger partial charge in [0.1, 0.15) is 0 Å². The van der Waals surface area contributed by atoms with Gasteiger partial charge in [0.05, 0.1) is 15.7 Å². The van der Waals surface area contributed by atoms with E-state index in [-0.39, 0.29) is 17.6 Å². The number of nitrogens with one attached hydrogen (secondary N) is 1. The lowest BCUT2D eigenvalue weighted by Crippen LogP contribution is -2.12. The predicted molar refractivity (Wildman–Crippen MR) is 93.9 cm³/mol. The first-order chi connectivity index (χ1) is 9.95. The van der Waals surface area contributed by atoms with Crippen LogP contribution in [0.4, 0.5) is 5.13 Å². The highest BCUT2D eigenvalue weighted by molar-refractivity contribution is 14.1. The number of aromatic nitrogens is 1. The zero-order valence-electron chi connectivity index (χ0n) is 11.1. The summed E-state index contributed by atoms with van der Waals surface area (Å²) < 4.78 is 1.88. The molecule has 21 heavy (non-hydrogen) atoms. The largest absolute Gasteiger partial charge is 0.369 e. The van der Waals surface area contributed by atoms with Crippen LogP contribution < -0.4 is 11.1 Å². The molecule has 110 valence electrons. The normalized spacial score (nSPS) is 10.4. The molecule has 0 unspecified atom stereocenters. The van der Waals surface area contributed by atoms with E-state index in [0.717, 1.165) is 13.5 Å². The van der Waals surface area contributed by atoms with Gasteiger partial charge in [0.25, 0.3) is 5.91 Å². The SMILES string of the molecule is Cc1nc(NC(=O)c2cccc(I)c2)sc1SCC(N)=O. The molecule has 1 aromatic heterocycles. The number of thioether (sulfide) groups is 1. The summed E-state index contributed by atoms with van der Waals surface area (Å²) in [6.45, 7) is 1.83. The van der Waals surface area contributed by atoms with Crippen molar-refractivity contribution in [2.24, 2.45) is 5.73 Å². The molecular weight excluding hydrogens is 421 g/mol. The molecule has 0 atom stereocenters. The molecule has 0 aliphatic rings. The quantitative estimate of drug-likeness (QED) is 0.561. The van der Waals surface area contributed by atoms with Gasteiger partial charge in [-0.05, 0) is 47.7 Å². The number of rotatable bonds is 5. The Labute approximate surface area is 143 Å². The minimum atomic E-state index is -0.378. The lowest BCUT2D eigenvalue weighted by molar-refractivity contribution is -0.115. The van der Waals surface area contributed by atoms with Gasteiger partial charge >= 0.3 is 0 Å². The monoisotopic (exact) mass is 433 g/mol. The third-order valence-electron chi connectivity index (χ3n) is 2.41. The van der Waals surface area contributed by atoms with Crippen LogP contribution >= 0.6 is 45.7 Å². The number of hydrogen-bond donors (Lipinski definition) is 2. The van der Waals surface area contributed by atoms with Gasteiger partial charge in [-0.25, -0.2) is 4.98 Å². The molecule has 0 aliphatic carbocycles. The zero-order chi connectivity index (χ0) is 15.4. The molecule has 0 fully saturated rings. The number of amides is 2. The van der Waals surface area contributed by atoms with Crippen LogP contribution in [0.15, 0.2) is 28.5 Å². The predicted octanol–water partition coefficient (Wildman–Crippen LogP) is 2.89. The zero-order valence-corrected chi connectivity index (χ0v) is 14.8. The second kappa shape index (κ2) is 7.23. The lowest BCUT2D eigenvalue weighted by Gasteiger charge is -2.01. The Morgan fingerprint density at radius 3 is 2.90 bits per heavy atom. The number of benzene rings is 1. The van der Waals surface area contributed by atoms with E-state index in [1.807, 2.05) is 19.1 Å². The number of nitrogens with zero attached hydrogens (tertiary/aromatic N) is 1. The molecule has 0 saturated heterocycles. The van der Waals surface area contributed by atoms with Gasteiger partial charge in [-0.1, -0.05) is 17.4 Å². The van der Waals surface area contributed by atoms with E-state index in [1.165, 1.54) is 23.1 Å². The summed E-state index contributed by atoms with van der Waals surface area (Å²) in [6, 6.07) is 7.31. The smallest absolute Gasteiger partial charge is 0.257 e. The molecule has 1 heterocycles. The molecule has 0 bridgehead atoms. The fourth-order valence-corrected chi connectivity index (χ4v) is 3.92. The third-order valence-corrected chi connectivity index (χ3v) is 5.54. The number of carbonyl (C=O) groups is 2. The van der Waals surface area contributed by atoms with Crippen LogP contribution in [0.2, 0.25) is 0 Å². The van der Waals surface area contributed by atoms with Gasteiger partial charge in [-0.3, -0.25) is 14.9 Å². The van der Waals surface area contributed by atoms with E-state index < -0.39 is 0 Å². The van der Waals surface area contributed by atoms with Gasteiger partial charge in [0.2, 0.25) is 5.91 Å². The molecule has 2 aromatic rings. The molecule has 0 saturated carbocycles. The van der Waals surface area contributed by atoms with Crippen molar-refractivity contribution in [3.05, 3.63) is 39.1 Å². The molecule has 2 rings (SSSR count).